The van der Waals surface area contributed by atoms with Crippen LogP contribution in [0.4, 0.5) is 0 Å². The third-order valence-electron chi connectivity index (χ3n) is 2.56. The topological polar surface area (TPSA) is 109 Å². The lowest BCUT2D eigenvalue weighted by atomic mass is 10.3. The lowest BCUT2D eigenvalue weighted by Gasteiger charge is -2.07. The number of hydrogen-bond donors (Lipinski definition) is 3. The number of carboxylic acid groups (broad SMARTS) is 1. The fourth-order valence-electron chi connectivity index (χ4n) is 1.55. The molecule has 2 rings (SSSR count). The first-order valence-electron chi connectivity index (χ1n) is 6.06. The normalized spacial score (nSPS) is 10.1. The number of aromatic hydroxyl groups is 1. The number of carboxylic acids is 1. The van der Waals surface area contributed by atoms with Crippen LogP contribution in [-0.4, -0.2) is 28.7 Å². The quantitative estimate of drug-likeness (QED) is 0.741. The van der Waals surface area contributed by atoms with Crippen LogP contribution >= 0.6 is 0 Å². The molecule has 0 aliphatic rings. The number of nitrogens with one attached hydrogen (secondary N) is 1. The molecule has 2 aromatic rings. The highest BCUT2D eigenvalue weighted by atomic mass is 16.5. The highest BCUT2D eigenvalue weighted by Crippen LogP contribution is 2.23. The molecule has 1 aromatic heterocycles. The Labute approximate surface area is 119 Å². The molecular formula is C14H13NO6. The second kappa shape index (κ2) is 6.47. The van der Waals surface area contributed by atoms with Crippen molar-refractivity contribution >= 4 is 11.9 Å². The Balaban J connectivity index is 1.79. The molecule has 0 unspecified atom stereocenters. The van der Waals surface area contributed by atoms with Gasteiger partial charge in [0, 0.05) is 0 Å². The molecule has 0 atom stereocenters. The number of rotatable bonds is 6. The van der Waals surface area contributed by atoms with Crippen molar-refractivity contribution in [3.63, 3.8) is 0 Å². The molecule has 0 aliphatic heterocycles. The van der Waals surface area contributed by atoms with E-state index in [0.717, 1.165) is 0 Å². The largest absolute Gasteiger partial charge is 0.504 e. The summed E-state index contributed by atoms with van der Waals surface area (Å²) >= 11 is 0. The number of carbonyl (C=O) groups excluding carboxylic acids is 1. The zero-order chi connectivity index (χ0) is 15.2. The van der Waals surface area contributed by atoms with Crippen LogP contribution in [0, 0.1) is 0 Å². The minimum Gasteiger partial charge on any atom is -0.504 e. The smallest absolute Gasteiger partial charge is 0.371 e. The fourth-order valence-corrected chi connectivity index (χ4v) is 1.55. The van der Waals surface area contributed by atoms with E-state index in [4.69, 9.17) is 14.3 Å². The first kappa shape index (κ1) is 14.4. The molecule has 1 heterocycles. The number of benzene rings is 1. The van der Waals surface area contributed by atoms with Crippen LogP contribution in [0.3, 0.4) is 0 Å². The Morgan fingerprint density at radius 1 is 1.19 bits per heavy atom. The summed E-state index contributed by atoms with van der Waals surface area (Å²) in [4.78, 5) is 22.2. The average molecular weight is 291 g/mol. The summed E-state index contributed by atoms with van der Waals surface area (Å²) in [5.74, 6) is -1.31. The van der Waals surface area contributed by atoms with Crippen LogP contribution in [0.1, 0.15) is 16.3 Å². The van der Waals surface area contributed by atoms with Crippen molar-refractivity contribution in [2.45, 2.75) is 6.54 Å². The van der Waals surface area contributed by atoms with E-state index in [2.05, 4.69) is 5.32 Å². The molecule has 0 bridgehead atoms. The summed E-state index contributed by atoms with van der Waals surface area (Å²) in [7, 11) is 0. The molecule has 0 spiro atoms. The van der Waals surface area contributed by atoms with Crippen LogP contribution < -0.4 is 10.1 Å². The van der Waals surface area contributed by atoms with Gasteiger partial charge in [0.25, 0.3) is 5.91 Å². The van der Waals surface area contributed by atoms with Crippen LogP contribution in [-0.2, 0) is 11.3 Å². The lowest BCUT2D eigenvalue weighted by Crippen LogP contribution is -2.28. The highest BCUT2D eigenvalue weighted by Gasteiger charge is 2.10. The fraction of sp³-hybridized carbons (Fsp3) is 0.143. The van der Waals surface area contributed by atoms with E-state index in [1.54, 1.807) is 12.1 Å². The molecule has 110 valence electrons. The maximum Gasteiger partial charge on any atom is 0.371 e. The van der Waals surface area contributed by atoms with Crippen molar-refractivity contribution in [2.24, 2.45) is 0 Å². The zero-order valence-electron chi connectivity index (χ0n) is 10.9. The van der Waals surface area contributed by atoms with E-state index in [1.807, 2.05) is 0 Å². The van der Waals surface area contributed by atoms with Gasteiger partial charge in [0.1, 0.15) is 5.76 Å². The molecule has 1 amide bonds. The van der Waals surface area contributed by atoms with E-state index in [1.165, 1.54) is 24.3 Å². The van der Waals surface area contributed by atoms with Gasteiger partial charge in [-0.2, -0.15) is 0 Å². The summed E-state index contributed by atoms with van der Waals surface area (Å²) in [5, 5.41) is 20.7. The molecule has 7 heteroatoms. The van der Waals surface area contributed by atoms with Gasteiger partial charge >= 0.3 is 5.97 Å². The number of carbonyl (C=O) groups is 2. The van der Waals surface area contributed by atoms with E-state index >= 15 is 0 Å². The first-order valence-corrected chi connectivity index (χ1v) is 6.06. The molecule has 0 fully saturated rings. The van der Waals surface area contributed by atoms with Gasteiger partial charge in [-0.15, -0.1) is 0 Å². The number of furan rings is 1. The number of ether oxygens (including phenoxy) is 1. The molecule has 0 saturated heterocycles. The van der Waals surface area contributed by atoms with E-state index in [-0.39, 0.29) is 30.4 Å². The molecule has 0 saturated carbocycles. The summed E-state index contributed by atoms with van der Waals surface area (Å²) in [6, 6.07) is 9.07. The van der Waals surface area contributed by atoms with Gasteiger partial charge in [-0.3, -0.25) is 4.79 Å². The van der Waals surface area contributed by atoms with Crippen molar-refractivity contribution in [1.82, 2.24) is 5.32 Å². The second-order valence-corrected chi connectivity index (χ2v) is 4.10. The van der Waals surface area contributed by atoms with Gasteiger partial charge in [-0.1, -0.05) is 12.1 Å². The third-order valence-corrected chi connectivity index (χ3v) is 2.56. The van der Waals surface area contributed by atoms with Crippen LogP contribution in [0.5, 0.6) is 11.5 Å². The number of phenolic OH excluding ortho intramolecular Hbond substituents is 1. The number of para-hydroxylation sites is 2. The zero-order valence-corrected chi connectivity index (χ0v) is 10.9. The lowest BCUT2D eigenvalue weighted by molar-refractivity contribution is -0.123. The Kier molecular flexibility index (Phi) is 4.45. The van der Waals surface area contributed by atoms with Crippen molar-refractivity contribution in [2.75, 3.05) is 6.61 Å². The highest BCUT2D eigenvalue weighted by molar-refractivity contribution is 5.84. The third kappa shape index (κ3) is 4.00. The predicted molar refractivity (Wildman–Crippen MR) is 71.1 cm³/mol. The molecule has 0 radical (unpaired) electrons. The number of phenols is 1. The predicted octanol–water partition coefficient (Wildman–Crippen LogP) is 1.38. The first-order chi connectivity index (χ1) is 10.1. The Bertz CT molecular complexity index is 648. The Morgan fingerprint density at radius 3 is 2.62 bits per heavy atom. The van der Waals surface area contributed by atoms with Gasteiger partial charge < -0.3 is 24.7 Å². The van der Waals surface area contributed by atoms with E-state index in [0.29, 0.717) is 5.76 Å². The summed E-state index contributed by atoms with van der Waals surface area (Å²) in [6.45, 7) is -0.222. The SMILES string of the molecule is O=C(COc1ccccc1O)NCc1ccc(C(=O)O)o1. The maximum atomic E-state index is 11.6. The summed E-state index contributed by atoms with van der Waals surface area (Å²) in [6.07, 6.45) is 0. The number of amides is 1. The van der Waals surface area contributed by atoms with Crippen molar-refractivity contribution in [3.8, 4) is 11.5 Å². The maximum absolute atomic E-state index is 11.6. The van der Waals surface area contributed by atoms with Crippen molar-refractivity contribution in [1.29, 1.82) is 0 Å². The summed E-state index contributed by atoms with van der Waals surface area (Å²) in [5.41, 5.74) is 0. The van der Waals surface area contributed by atoms with Gasteiger partial charge in [0.15, 0.2) is 18.1 Å². The van der Waals surface area contributed by atoms with Crippen molar-refractivity contribution < 1.29 is 29.0 Å². The van der Waals surface area contributed by atoms with E-state index in [9.17, 15) is 14.7 Å². The molecule has 0 aliphatic carbocycles. The second-order valence-electron chi connectivity index (χ2n) is 4.10. The number of aromatic carboxylic acids is 1. The monoisotopic (exact) mass is 291 g/mol. The summed E-state index contributed by atoms with van der Waals surface area (Å²) < 4.78 is 10.1. The van der Waals surface area contributed by atoms with Gasteiger partial charge in [-0.05, 0) is 24.3 Å². The minimum absolute atomic E-state index is 0.0518. The molecule has 7 nitrogen and oxygen atoms in total. The molecular weight excluding hydrogens is 278 g/mol. The molecule has 21 heavy (non-hydrogen) atoms. The van der Waals surface area contributed by atoms with Gasteiger partial charge in [0.05, 0.1) is 6.54 Å². The van der Waals surface area contributed by atoms with Crippen LogP contribution in [0.15, 0.2) is 40.8 Å². The van der Waals surface area contributed by atoms with Crippen LogP contribution in [0.2, 0.25) is 0 Å². The molecule has 1 aromatic carbocycles. The molecule has 3 N–H and O–H groups in total. The average Bonchev–Trinajstić information content (AvgIpc) is 2.93. The Morgan fingerprint density at radius 2 is 1.95 bits per heavy atom. The van der Waals surface area contributed by atoms with Gasteiger partial charge in [-0.25, -0.2) is 4.79 Å². The number of hydrogen-bond acceptors (Lipinski definition) is 5. The van der Waals surface area contributed by atoms with Gasteiger partial charge in [0.2, 0.25) is 5.76 Å². The van der Waals surface area contributed by atoms with Crippen molar-refractivity contribution in [3.05, 3.63) is 47.9 Å². The standard InChI is InChI=1S/C14H13NO6/c16-10-3-1-2-4-11(10)20-8-13(17)15-7-9-5-6-12(21-9)14(18)19/h1-6,16H,7-8H2,(H,15,17)(H,18,19). The Hall–Kier alpha value is -2.96. The van der Waals surface area contributed by atoms with E-state index < -0.39 is 11.9 Å². The minimum atomic E-state index is -1.17. The van der Waals surface area contributed by atoms with Crippen LogP contribution in [0.25, 0.3) is 0 Å².